The molecule has 1 aromatic rings. The second-order valence-corrected chi connectivity index (χ2v) is 5.13. The van der Waals surface area contributed by atoms with Crippen LogP contribution in [0.4, 0.5) is 0 Å². The summed E-state index contributed by atoms with van der Waals surface area (Å²) in [6.45, 7) is 5.18. The number of hydrogen-bond acceptors (Lipinski definition) is 3. The molecule has 1 aliphatic rings. The quantitative estimate of drug-likeness (QED) is 0.737. The monoisotopic (exact) mass is 261 g/mol. The van der Waals surface area contributed by atoms with Crippen LogP contribution in [0.3, 0.4) is 0 Å². The van der Waals surface area contributed by atoms with Crippen molar-refractivity contribution in [3.63, 3.8) is 0 Å². The average Bonchev–Trinajstić information content (AvgIpc) is 2.48. The molecular formula is C16H23NO2. The number of carbonyl (C=O) groups excluding carboxylic acids is 1. The van der Waals surface area contributed by atoms with Crippen molar-refractivity contribution in [1.29, 1.82) is 0 Å². The minimum absolute atomic E-state index is 0.689. The first-order chi connectivity index (χ1) is 9.33. The molecule has 1 atom stereocenters. The SMILES string of the molecule is CC[C@@H]1CCCCN1CCOc1ccc(C=O)cc1. The zero-order valence-electron chi connectivity index (χ0n) is 11.7. The lowest BCUT2D eigenvalue weighted by Gasteiger charge is -2.34. The second-order valence-electron chi connectivity index (χ2n) is 5.13. The summed E-state index contributed by atoms with van der Waals surface area (Å²) in [5.41, 5.74) is 0.689. The fraction of sp³-hybridized carbons (Fsp3) is 0.562. The van der Waals surface area contributed by atoms with E-state index in [-0.39, 0.29) is 0 Å². The number of carbonyl (C=O) groups is 1. The van der Waals surface area contributed by atoms with E-state index < -0.39 is 0 Å². The molecule has 1 aromatic carbocycles. The van der Waals surface area contributed by atoms with Crippen molar-refractivity contribution in [3.8, 4) is 5.75 Å². The minimum Gasteiger partial charge on any atom is -0.492 e. The zero-order valence-corrected chi connectivity index (χ0v) is 11.7. The molecule has 0 radical (unpaired) electrons. The number of likely N-dealkylation sites (tertiary alicyclic amines) is 1. The number of nitrogens with zero attached hydrogens (tertiary/aromatic N) is 1. The molecule has 0 N–H and O–H groups in total. The lowest BCUT2D eigenvalue weighted by atomic mass is 10.0. The van der Waals surface area contributed by atoms with Crippen molar-refractivity contribution < 1.29 is 9.53 Å². The molecule has 3 nitrogen and oxygen atoms in total. The number of piperidine rings is 1. The molecule has 0 unspecified atom stereocenters. The number of ether oxygens (including phenoxy) is 1. The Morgan fingerprint density at radius 1 is 1.32 bits per heavy atom. The van der Waals surface area contributed by atoms with Gasteiger partial charge < -0.3 is 4.74 Å². The van der Waals surface area contributed by atoms with Gasteiger partial charge in [0.1, 0.15) is 18.6 Å². The third-order valence-electron chi connectivity index (χ3n) is 3.88. The summed E-state index contributed by atoms with van der Waals surface area (Å²) in [5, 5.41) is 0. The molecule has 0 spiro atoms. The van der Waals surface area contributed by atoms with E-state index in [0.29, 0.717) is 5.56 Å². The van der Waals surface area contributed by atoms with Crippen molar-refractivity contribution in [1.82, 2.24) is 4.90 Å². The molecule has 0 amide bonds. The van der Waals surface area contributed by atoms with E-state index in [1.165, 1.54) is 32.2 Å². The third-order valence-corrected chi connectivity index (χ3v) is 3.88. The summed E-state index contributed by atoms with van der Waals surface area (Å²) in [6, 6.07) is 8.03. The smallest absolute Gasteiger partial charge is 0.150 e. The largest absolute Gasteiger partial charge is 0.492 e. The Morgan fingerprint density at radius 2 is 2.11 bits per heavy atom. The maximum absolute atomic E-state index is 10.6. The molecule has 1 fully saturated rings. The molecular weight excluding hydrogens is 238 g/mol. The van der Waals surface area contributed by atoms with Crippen LogP contribution >= 0.6 is 0 Å². The van der Waals surface area contributed by atoms with Crippen LogP contribution in [0.5, 0.6) is 5.75 Å². The van der Waals surface area contributed by atoms with Crippen LogP contribution in [0.25, 0.3) is 0 Å². The Morgan fingerprint density at radius 3 is 2.79 bits per heavy atom. The van der Waals surface area contributed by atoms with Gasteiger partial charge >= 0.3 is 0 Å². The molecule has 1 heterocycles. The molecule has 1 aliphatic heterocycles. The van der Waals surface area contributed by atoms with E-state index >= 15 is 0 Å². The zero-order chi connectivity index (χ0) is 13.5. The standard InChI is InChI=1S/C16H23NO2/c1-2-15-5-3-4-10-17(15)11-12-19-16-8-6-14(13-18)7-9-16/h6-9,13,15H,2-5,10-12H2,1H3/t15-/m1/s1. The average molecular weight is 261 g/mol. The molecule has 1 saturated heterocycles. The van der Waals surface area contributed by atoms with Crippen LogP contribution in [0, 0.1) is 0 Å². The number of benzene rings is 1. The van der Waals surface area contributed by atoms with E-state index in [1.54, 1.807) is 12.1 Å². The number of hydrogen-bond donors (Lipinski definition) is 0. The molecule has 104 valence electrons. The first kappa shape index (κ1) is 14.1. The van der Waals surface area contributed by atoms with Crippen LogP contribution < -0.4 is 4.74 Å². The van der Waals surface area contributed by atoms with Gasteiger partial charge in [-0.05, 0) is 50.1 Å². The van der Waals surface area contributed by atoms with Crippen molar-refractivity contribution in [2.75, 3.05) is 19.7 Å². The van der Waals surface area contributed by atoms with Gasteiger partial charge in [0, 0.05) is 18.2 Å². The van der Waals surface area contributed by atoms with Gasteiger partial charge in [-0.25, -0.2) is 0 Å². The molecule has 3 heteroatoms. The normalized spacial score (nSPS) is 20.2. The maximum atomic E-state index is 10.6. The molecule has 0 saturated carbocycles. The van der Waals surface area contributed by atoms with Gasteiger partial charge in [-0.2, -0.15) is 0 Å². The molecule has 0 bridgehead atoms. The van der Waals surface area contributed by atoms with E-state index in [9.17, 15) is 4.79 Å². The lowest BCUT2D eigenvalue weighted by Crippen LogP contribution is -2.41. The van der Waals surface area contributed by atoms with Crippen LogP contribution in [0.1, 0.15) is 43.0 Å². The van der Waals surface area contributed by atoms with Crippen molar-refractivity contribution >= 4 is 6.29 Å². The van der Waals surface area contributed by atoms with Gasteiger partial charge in [0.25, 0.3) is 0 Å². The first-order valence-electron chi connectivity index (χ1n) is 7.25. The highest BCUT2D eigenvalue weighted by Crippen LogP contribution is 2.19. The Labute approximate surface area is 115 Å². The van der Waals surface area contributed by atoms with Gasteiger partial charge in [0.2, 0.25) is 0 Å². The summed E-state index contributed by atoms with van der Waals surface area (Å²) in [7, 11) is 0. The van der Waals surface area contributed by atoms with Crippen molar-refractivity contribution in [3.05, 3.63) is 29.8 Å². The van der Waals surface area contributed by atoms with Gasteiger partial charge in [0.05, 0.1) is 0 Å². The van der Waals surface area contributed by atoms with E-state index in [2.05, 4.69) is 11.8 Å². The van der Waals surface area contributed by atoms with Gasteiger partial charge in [-0.15, -0.1) is 0 Å². The van der Waals surface area contributed by atoms with Gasteiger partial charge in [-0.1, -0.05) is 13.3 Å². The molecule has 2 rings (SSSR count). The highest BCUT2D eigenvalue weighted by Gasteiger charge is 2.20. The Bertz CT molecular complexity index is 388. The Balaban J connectivity index is 1.77. The highest BCUT2D eigenvalue weighted by atomic mass is 16.5. The topological polar surface area (TPSA) is 29.5 Å². The van der Waals surface area contributed by atoms with Crippen molar-refractivity contribution in [2.45, 2.75) is 38.6 Å². The fourth-order valence-electron chi connectivity index (χ4n) is 2.74. The third kappa shape index (κ3) is 4.06. The predicted molar refractivity (Wildman–Crippen MR) is 76.8 cm³/mol. The molecule has 0 aliphatic carbocycles. The summed E-state index contributed by atoms with van der Waals surface area (Å²) < 4.78 is 5.74. The fourth-order valence-corrected chi connectivity index (χ4v) is 2.74. The van der Waals surface area contributed by atoms with Gasteiger partial charge in [-0.3, -0.25) is 9.69 Å². The lowest BCUT2D eigenvalue weighted by molar-refractivity contribution is 0.112. The van der Waals surface area contributed by atoms with Crippen LogP contribution in [0.2, 0.25) is 0 Å². The van der Waals surface area contributed by atoms with E-state index in [4.69, 9.17) is 4.74 Å². The van der Waals surface area contributed by atoms with Crippen molar-refractivity contribution in [2.24, 2.45) is 0 Å². The van der Waals surface area contributed by atoms with Crippen LogP contribution in [-0.2, 0) is 0 Å². The van der Waals surface area contributed by atoms with E-state index in [1.807, 2.05) is 12.1 Å². The second kappa shape index (κ2) is 7.29. The summed E-state index contributed by atoms with van der Waals surface area (Å²) >= 11 is 0. The number of aldehydes is 1. The van der Waals surface area contributed by atoms with E-state index in [0.717, 1.165) is 31.2 Å². The Hall–Kier alpha value is -1.35. The number of rotatable bonds is 6. The minimum atomic E-state index is 0.689. The molecule has 0 aromatic heterocycles. The van der Waals surface area contributed by atoms with Crippen LogP contribution in [0.15, 0.2) is 24.3 Å². The summed E-state index contributed by atoms with van der Waals surface area (Å²) in [6.07, 6.45) is 6.08. The summed E-state index contributed by atoms with van der Waals surface area (Å²) in [5.74, 6) is 0.843. The molecule has 19 heavy (non-hydrogen) atoms. The first-order valence-corrected chi connectivity index (χ1v) is 7.25. The summed E-state index contributed by atoms with van der Waals surface area (Å²) in [4.78, 5) is 13.1. The van der Waals surface area contributed by atoms with Gasteiger partial charge in [0.15, 0.2) is 0 Å². The maximum Gasteiger partial charge on any atom is 0.150 e. The Kier molecular flexibility index (Phi) is 5.40. The predicted octanol–water partition coefficient (Wildman–Crippen LogP) is 3.14. The highest BCUT2D eigenvalue weighted by molar-refractivity contribution is 5.74. The van der Waals surface area contributed by atoms with Crippen LogP contribution in [-0.4, -0.2) is 36.9 Å².